The Labute approximate surface area is 123 Å². The van der Waals surface area contributed by atoms with Crippen LogP contribution in [0.25, 0.3) is 0 Å². The maximum absolute atomic E-state index is 14.1. The maximum Gasteiger partial charge on any atom is 0.164 e. The molecule has 20 heavy (non-hydrogen) atoms. The molecule has 0 aliphatic carbocycles. The number of hydrogen-bond acceptors (Lipinski definition) is 1. The minimum atomic E-state index is -0.916. The predicted molar refractivity (Wildman–Crippen MR) is 76.1 cm³/mol. The van der Waals surface area contributed by atoms with E-state index in [-0.39, 0.29) is 15.6 Å². The first-order valence-corrected chi connectivity index (χ1v) is 6.82. The van der Waals surface area contributed by atoms with Crippen LogP contribution >= 0.6 is 15.9 Å². The number of benzene rings is 2. The van der Waals surface area contributed by atoms with E-state index in [2.05, 4.69) is 21.2 Å². The molecule has 0 radical (unpaired) electrons. The first-order chi connectivity index (χ1) is 9.47. The molecule has 2 aromatic rings. The fraction of sp³-hybridized carbons (Fsp3) is 0.200. The number of halogens is 4. The maximum atomic E-state index is 14.1. The topological polar surface area (TPSA) is 12.0 Å². The lowest BCUT2D eigenvalue weighted by Crippen LogP contribution is -2.20. The van der Waals surface area contributed by atoms with Gasteiger partial charge in [-0.15, -0.1) is 0 Å². The summed E-state index contributed by atoms with van der Waals surface area (Å²) in [5.41, 5.74) is 0.885. The molecule has 0 spiro atoms. The van der Waals surface area contributed by atoms with Gasteiger partial charge in [0.2, 0.25) is 0 Å². The first-order valence-electron chi connectivity index (χ1n) is 6.03. The Morgan fingerprint density at radius 2 is 1.70 bits per heavy atom. The van der Waals surface area contributed by atoms with Crippen LogP contribution in [-0.2, 0) is 0 Å². The minimum Gasteiger partial charge on any atom is -0.309 e. The van der Waals surface area contributed by atoms with E-state index < -0.39 is 23.5 Å². The highest BCUT2D eigenvalue weighted by Crippen LogP contribution is 2.32. The lowest BCUT2D eigenvalue weighted by atomic mass is 9.97. The molecular weight excluding hydrogens is 331 g/mol. The molecule has 2 aromatic carbocycles. The third kappa shape index (κ3) is 2.60. The normalized spacial score (nSPS) is 12.5. The zero-order valence-corrected chi connectivity index (χ0v) is 12.6. The SMILES string of the molecule is CNC(c1ccc(C)c(F)c1F)c1cccc(F)c1Br. The van der Waals surface area contributed by atoms with E-state index in [0.717, 1.165) is 0 Å². The molecule has 0 amide bonds. The zero-order valence-electron chi connectivity index (χ0n) is 11.0. The monoisotopic (exact) mass is 343 g/mol. The van der Waals surface area contributed by atoms with Crippen molar-refractivity contribution >= 4 is 15.9 Å². The summed E-state index contributed by atoms with van der Waals surface area (Å²) in [4.78, 5) is 0. The van der Waals surface area contributed by atoms with Gasteiger partial charge in [-0.2, -0.15) is 0 Å². The largest absolute Gasteiger partial charge is 0.309 e. The Morgan fingerprint density at radius 3 is 2.35 bits per heavy atom. The Bertz CT molecular complexity index is 643. The highest BCUT2D eigenvalue weighted by molar-refractivity contribution is 9.10. The second-order valence-corrected chi connectivity index (χ2v) is 5.26. The van der Waals surface area contributed by atoms with Gasteiger partial charge in [-0.05, 0) is 47.1 Å². The number of aryl methyl sites for hydroxylation is 1. The molecule has 0 aliphatic rings. The fourth-order valence-corrected chi connectivity index (χ4v) is 2.60. The molecule has 1 nitrogen and oxygen atoms in total. The molecule has 106 valence electrons. The van der Waals surface area contributed by atoms with Gasteiger partial charge in [0.15, 0.2) is 11.6 Å². The summed E-state index contributed by atoms with van der Waals surface area (Å²) in [5.74, 6) is -2.24. The summed E-state index contributed by atoms with van der Waals surface area (Å²) in [6, 6.07) is 6.85. The van der Waals surface area contributed by atoms with Gasteiger partial charge in [0.05, 0.1) is 10.5 Å². The van der Waals surface area contributed by atoms with Gasteiger partial charge in [0.25, 0.3) is 0 Å². The molecule has 1 N–H and O–H groups in total. The molecule has 5 heteroatoms. The molecule has 0 aromatic heterocycles. The van der Waals surface area contributed by atoms with Crippen molar-refractivity contribution in [3.63, 3.8) is 0 Å². The van der Waals surface area contributed by atoms with Crippen LogP contribution in [0, 0.1) is 24.4 Å². The number of hydrogen-bond donors (Lipinski definition) is 1. The molecule has 1 atom stereocenters. The van der Waals surface area contributed by atoms with E-state index in [0.29, 0.717) is 5.56 Å². The van der Waals surface area contributed by atoms with Gasteiger partial charge < -0.3 is 5.32 Å². The van der Waals surface area contributed by atoms with E-state index in [1.54, 1.807) is 13.1 Å². The Balaban J connectivity index is 2.59. The van der Waals surface area contributed by atoms with E-state index in [9.17, 15) is 13.2 Å². The third-order valence-electron chi connectivity index (χ3n) is 3.20. The van der Waals surface area contributed by atoms with Gasteiger partial charge in [-0.1, -0.05) is 24.3 Å². The Hall–Kier alpha value is -1.33. The van der Waals surface area contributed by atoms with Crippen LogP contribution in [0.4, 0.5) is 13.2 Å². The van der Waals surface area contributed by atoms with Crippen LogP contribution < -0.4 is 5.32 Å². The molecule has 0 aliphatic heterocycles. The molecule has 0 saturated heterocycles. The summed E-state index contributed by atoms with van der Waals surface area (Å²) < 4.78 is 41.6. The Kier molecular flexibility index (Phi) is 4.50. The smallest absolute Gasteiger partial charge is 0.164 e. The van der Waals surface area contributed by atoms with Crippen molar-refractivity contribution in [1.82, 2.24) is 5.32 Å². The predicted octanol–water partition coefficient (Wildman–Crippen LogP) is 4.48. The molecule has 0 heterocycles. The van der Waals surface area contributed by atoms with Gasteiger partial charge in [0, 0.05) is 5.56 Å². The average Bonchev–Trinajstić information content (AvgIpc) is 2.44. The molecule has 1 unspecified atom stereocenters. The van der Waals surface area contributed by atoms with E-state index in [4.69, 9.17) is 0 Å². The molecular formula is C15H13BrF3N. The zero-order chi connectivity index (χ0) is 14.9. The quantitative estimate of drug-likeness (QED) is 0.866. The summed E-state index contributed by atoms with van der Waals surface area (Å²) in [6.45, 7) is 1.49. The molecule has 2 rings (SSSR count). The average molecular weight is 344 g/mol. The molecule has 0 bridgehead atoms. The lowest BCUT2D eigenvalue weighted by Gasteiger charge is -2.20. The van der Waals surface area contributed by atoms with Crippen LogP contribution in [0.5, 0.6) is 0 Å². The number of rotatable bonds is 3. The molecule has 0 fully saturated rings. The van der Waals surface area contributed by atoms with Gasteiger partial charge in [-0.3, -0.25) is 0 Å². The standard InChI is InChI=1S/C15H13BrF3N/c1-8-6-7-10(14(19)13(8)18)15(20-2)9-4-3-5-11(17)12(9)16/h3-7,15,20H,1-2H3. The fourth-order valence-electron chi connectivity index (χ4n) is 2.11. The summed E-state index contributed by atoms with van der Waals surface area (Å²) in [5, 5.41) is 2.89. The highest BCUT2D eigenvalue weighted by atomic mass is 79.9. The van der Waals surface area contributed by atoms with Crippen molar-refractivity contribution < 1.29 is 13.2 Å². The summed E-state index contributed by atoms with van der Waals surface area (Å²) in [6.07, 6.45) is 0. The van der Waals surface area contributed by atoms with Crippen LogP contribution in [0.15, 0.2) is 34.8 Å². The van der Waals surface area contributed by atoms with Crippen molar-refractivity contribution in [2.45, 2.75) is 13.0 Å². The molecule has 0 saturated carbocycles. The Morgan fingerprint density at radius 1 is 1.00 bits per heavy atom. The van der Waals surface area contributed by atoms with Crippen LogP contribution in [0.3, 0.4) is 0 Å². The van der Waals surface area contributed by atoms with Crippen molar-refractivity contribution in [1.29, 1.82) is 0 Å². The van der Waals surface area contributed by atoms with E-state index in [1.165, 1.54) is 31.2 Å². The highest BCUT2D eigenvalue weighted by Gasteiger charge is 2.22. The first kappa shape index (κ1) is 15.1. The van der Waals surface area contributed by atoms with Crippen LogP contribution in [0.2, 0.25) is 0 Å². The van der Waals surface area contributed by atoms with Gasteiger partial charge in [0.1, 0.15) is 5.82 Å². The van der Waals surface area contributed by atoms with E-state index in [1.807, 2.05) is 0 Å². The second-order valence-electron chi connectivity index (χ2n) is 4.46. The minimum absolute atomic E-state index is 0.141. The second kappa shape index (κ2) is 5.97. The van der Waals surface area contributed by atoms with Crippen molar-refractivity contribution in [2.75, 3.05) is 7.05 Å². The van der Waals surface area contributed by atoms with Crippen molar-refractivity contribution in [2.24, 2.45) is 0 Å². The summed E-state index contributed by atoms with van der Waals surface area (Å²) >= 11 is 3.15. The van der Waals surface area contributed by atoms with E-state index >= 15 is 0 Å². The van der Waals surface area contributed by atoms with Gasteiger partial charge >= 0.3 is 0 Å². The lowest BCUT2D eigenvalue weighted by molar-refractivity contribution is 0.481. The summed E-state index contributed by atoms with van der Waals surface area (Å²) in [7, 11) is 1.61. The van der Waals surface area contributed by atoms with Crippen molar-refractivity contribution in [3.05, 3.63) is 68.9 Å². The number of nitrogens with one attached hydrogen (secondary N) is 1. The van der Waals surface area contributed by atoms with Crippen LogP contribution in [0.1, 0.15) is 22.7 Å². The van der Waals surface area contributed by atoms with Gasteiger partial charge in [-0.25, -0.2) is 13.2 Å². The van der Waals surface area contributed by atoms with Crippen molar-refractivity contribution in [3.8, 4) is 0 Å². The third-order valence-corrected chi connectivity index (χ3v) is 4.03. The van der Waals surface area contributed by atoms with Crippen LogP contribution in [-0.4, -0.2) is 7.05 Å².